The number of primary amides is 1. The van der Waals surface area contributed by atoms with Gasteiger partial charge in [-0.15, -0.1) is 0 Å². The van der Waals surface area contributed by atoms with Crippen LogP contribution < -0.4 is 16.4 Å². The van der Waals surface area contributed by atoms with Crippen molar-refractivity contribution in [2.45, 2.75) is 19.1 Å². The van der Waals surface area contributed by atoms with Gasteiger partial charge >= 0.3 is 6.03 Å². The number of carbonyl (C=O) groups excluding carboxylic acids is 2. The molecular weight excluding hydrogens is 278 g/mol. The molecule has 110 valence electrons. The molecule has 1 atom stereocenters. The van der Waals surface area contributed by atoms with Crippen molar-refractivity contribution in [3.05, 3.63) is 29.8 Å². The first-order valence-corrected chi connectivity index (χ1v) is 7.52. The lowest BCUT2D eigenvalue weighted by Gasteiger charge is -2.18. The lowest BCUT2D eigenvalue weighted by molar-refractivity contribution is -0.117. The van der Waals surface area contributed by atoms with Crippen LogP contribution in [0, 0.1) is 0 Å². The number of para-hydroxylation sites is 1. The van der Waals surface area contributed by atoms with E-state index in [0.29, 0.717) is 17.7 Å². The minimum atomic E-state index is -0.735. The average molecular weight is 297 g/mol. The van der Waals surface area contributed by atoms with Crippen LogP contribution in [0.2, 0.25) is 0 Å². The van der Waals surface area contributed by atoms with Gasteiger partial charge in [0.25, 0.3) is 0 Å². The summed E-state index contributed by atoms with van der Waals surface area (Å²) in [6.45, 7) is -0.171. The molecule has 0 radical (unpaired) electrons. The minimum absolute atomic E-state index is 0.171. The van der Waals surface area contributed by atoms with Gasteiger partial charge in [-0.2, -0.15) is 11.8 Å². The van der Waals surface area contributed by atoms with Crippen LogP contribution in [0.5, 0.6) is 0 Å². The fourth-order valence-corrected chi connectivity index (χ4v) is 2.15. The standard InChI is InChI=1S/C13H19N3O3S/c1-20-7-6-11(16-13(14)19)12(18)15-10-5-3-2-4-9(10)8-17/h2-5,11,17H,6-8H2,1H3,(H,15,18)(H3,14,16,19). The lowest BCUT2D eigenvalue weighted by Crippen LogP contribution is -2.46. The van der Waals surface area contributed by atoms with E-state index in [1.54, 1.807) is 36.0 Å². The number of benzene rings is 1. The first kappa shape index (κ1) is 16.3. The fourth-order valence-electron chi connectivity index (χ4n) is 1.68. The summed E-state index contributed by atoms with van der Waals surface area (Å²) >= 11 is 1.58. The number of aliphatic hydroxyl groups excluding tert-OH is 1. The molecular formula is C13H19N3O3S. The summed E-state index contributed by atoms with van der Waals surface area (Å²) < 4.78 is 0. The minimum Gasteiger partial charge on any atom is -0.392 e. The Kier molecular flexibility index (Phi) is 6.89. The summed E-state index contributed by atoms with van der Waals surface area (Å²) in [6.07, 6.45) is 2.40. The van der Waals surface area contributed by atoms with E-state index < -0.39 is 12.1 Å². The summed E-state index contributed by atoms with van der Waals surface area (Å²) in [4.78, 5) is 23.1. The molecule has 1 unspecified atom stereocenters. The highest BCUT2D eigenvalue weighted by atomic mass is 32.2. The van der Waals surface area contributed by atoms with Crippen molar-refractivity contribution in [1.29, 1.82) is 0 Å². The van der Waals surface area contributed by atoms with Crippen molar-refractivity contribution in [2.24, 2.45) is 5.73 Å². The van der Waals surface area contributed by atoms with Gasteiger partial charge in [0.15, 0.2) is 0 Å². The molecule has 0 aliphatic heterocycles. The van der Waals surface area contributed by atoms with Crippen molar-refractivity contribution < 1.29 is 14.7 Å². The van der Waals surface area contributed by atoms with E-state index in [0.717, 1.165) is 5.75 Å². The second kappa shape index (κ2) is 8.44. The van der Waals surface area contributed by atoms with Gasteiger partial charge in [0.1, 0.15) is 6.04 Å². The van der Waals surface area contributed by atoms with Crippen LogP contribution in [0.1, 0.15) is 12.0 Å². The average Bonchev–Trinajstić information content (AvgIpc) is 2.43. The molecule has 0 heterocycles. The number of carbonyl (C=O) groups is 2. The first-order valence-electron chi connectivity index (χ1n) is 6.13. The SMILES string of the molecule is CSCCC(NC(N)=O)C(=O)Nc1ccccc1CO. The van der Waals surface area contributed by atoms with Gasteiger partial charge in [-0.05, 0) is 24.5 Å². The Bertz CT molecular complexity index is 468. The monoisotopic (exact) mass is 297 g/mol. The first-order chi connectivity index (χ1) is 9.58. The van der Waals surface area contributed by atoms with Crippen molar-refractivity contribution in [3.8, 4) is 0 Å². The highest BCUT2D eigenvalue weighted by Gasteiger charge is 2.20. The van der Waals surface area contributed by atoms with Crippen LogP contribution >= 0.6 is 11.8 Å². The van der Waals surface area contributed by atoms with Crippen molar-refractivity contribution in [1.82, 2.24) is 5.32 Å². The number of rotatable bonds is 7. The Morgan fingerprint density at radius 1 is 1.40 bits per heavy atom. The predicted molar refractivity (Wildman–Crippen MR) is 80.5 cm³/mol. The van der Waals surface area contributed by atoms with Crippen molar-refractivity contribution in [3.63, 3.8) is 0 Å². The Morgan fingerprint density at radius 2 is 2.10 bits per heavy atom. The molecule has 1 rings (SSSR count). The molecule has 1 aromatic carbocycles. The molecule has 0 bridgehead atoms. The molecule has 0 aliphatic carbocycles. The zero-order valence-corrected chi connectivity index (χ0v) is 12.1. The smallest absolute Gasteiger partial charge is 0.312 e. The largest absolute Gasteiger partial charge is 0.392 e. The Morgan fingerprint density at radius 3 is 2.70 bits per heavy atom. The Labute approximate surface area is 122 Å². The molecule has 20 heavy (non-hydrogen) atoms. The van der Waals surface area contributed by atoms with Crippen LogP contribution in [0.15, 0.2) is 24.3 Å². The predicted octanol–water partition coefficient (Wildman–Crippen LogP) is 0.907. The molecule has 0 aromatic heterocycles. The molecule has 7 heteroatoms. The number of anilines is 1. The number of amides is 3. The van der Waals surface area contributed by atoms with Crippen LogP contribution in [0.4, 0.5) is 10.5 Å². The van der Waals surface area contributed by atoms with E-state index in [1.807, 2.05) is 6.26 Å². The Hall–Kier alpha value is -1.73. The molecule has 0 saturated heterocycles. The van der Waals surface area contributed by atoms with E-state index >= 15 is 0 Å². The second-order valence-electron chi connectivity index (χ2n) is 4.15. The quantitative estimate of drug-likeness (QED) is 0.600. The lowest BCUT2D eigenvalue weighted by atomic mass is 10.1. The Balaban J connectivity index is 2.76. The van der Waals surface area contributed by atoms with E-state index in [4.69, 9.17) is 5.73 Å². The van der Waals surface area contributed by atoms with Gasteiger partial charge in [-0.3, -0.25) is 4.79 Å². The summed E-state index contributed by atoms with van der Waals surface area (Å²) in [5.74, 6) is 0.374. The van der Waals surface area contributed by atoms with Gasteiger partial charge in [0, 0.05) is 11.3 Å². The fraction of sp³-hybridized carbons (Fsp3) is 0.385. The number of urea groups is 1. The summed E-state index contributed by atoms with van der Waals surface area (Å²) in [5, 5.41) is 14.3. The van der Waals surface area contributed by atoms with Gasteiger partial charge < -0.3 is 21.5 Å². The molecule has 5 N–H and O–H groups in total. The highest BCUT2D eigenvalue weighted by Crippen LogP contribution is 2.15. The van der Waals surface area contributed by atoms with E-state index in [-0.39, 0.29) is 12.5 Å². The zero-order valence-electron chi connectivity index (χ0n) is 11.3. The maximum absolute atomic E-state index is 12.1. The van der Waals surface area contributed by atoms with Crippen LogP contribution in [-0.2, 0) is 11.4 Å². The van der Waals surface area contributed by atoms with Crippen LogP contribution in [0.3, 0.4) is 0 Å². The summed E-state index contributed by atoms with van der Waals surface area (Å²) in [7, 11) is 0. The van der Waals surface area contributed by atoms with Crippen LogP contribution in [0.25, 0.3) is 0 Å². The number of aliphatic hydroxyl groups is 1. The third-order valence-corrected chi connectivity index (χ3v) is 3.33. The van der Waals surface area contributed by atoms with Crippen molar-refractivity contribution in [2.75, 3.05) is 17.3 Å². The number of nitrogens with two attached hydrogens (primary N) is 1. The summed E-state index contributed by atoms with van der Waals surface area (Å²) in [5.41, 5.74) is 6.22. The third-order valence-electron chi connectivity index (χ3n) is 2.69. The number of thioether (sulfide) groups is 1. The molecule has 0 spiro atoms. The molecule has 1 aromatic rings. The van der Waals surface area contributed by atoms with E-state index in [1.165, 1.54) is 0 Å². The number of hydrogen-bond donors (Lipinski definition) is 4. The normalized spacial score (nSPS) is 11.7. The van der Waals surface area contributed by atoms with Gasteiger partial charge in [-0.25, -0.2) is 4.79 Å². The molecule has 3 amide bonds. The number of hydrogen-bond acceptors (Lipinski definition) is 4. The van der Waals surface area contributed by atoms with E-state index in [9.17, 15) is 14.7 Å². The highest BCUT2D eigenvalue weighted by molar-refractivity contribution is 7.98. The topological polar surface area (TPSA) is 104 Å². The molecule has 6 nitrogen and oxygen atoms in total. The summed E-state index contributed by atoms with van der Waals surface area (Å²) in [6, 6.07) is 5.52. The molecule has 0 aliphatic rings. The maximum Gasteiger partial charge on any atom is 0.312 e. The molecule has 0 saturated carbocycles. The van der Waals surface area contributed by atoms with Gasteiger partial charge in [0.05, 0.1) is 6.61 Å². The third kappa shape index (κ3) is 5.10. The maximum atomic E-state index is 12.1. The number of nitrogens with one attached hydrogen (secondary N) is 2. The van der Waals surface area contributed by atoms with E-state index in [2.05, 4.69) is 10.6 Å². The second-order valence-corrected chi connectivity index (χ2v) is 5.13. The zero-order chi connectivity index (χ0) is 15.0. The van der Waals surface area contributed by atoms with Gasteiger partial charge in [-0.1, -0.05) is 18.2 Å². The van der Waals surface area contributed by atoms with Gasteiger partial charge in [0.2, 0.25) is 5.91 Å². The van der Waals surface area contributed by atoms with Crippen molar-refractivity contribution >= 4 is 29.4 Å². The van der Waals surface area contributed by atoms with Crippen LogP contribution in [-0.4, -0.2) is 35.1 Å². The molecule has 0 fully saturated rings.